The topological polar surface area (TPSA) is 46.5 Å². The van der Waals surface area contributed by atoms with Crippen LogP contribution in [-0.4, -0.2) is 35.3 Å². The quantitative estimate of drug-likeness (QED) is 0.639. The summed E-state index contributed by atoms with van der Waals surface area (Å²) in [6.07, 6.45) is 0.433. The van der Waals surface area contributed by atoms with Gasteiger partial charge in [-0.15, -0.1) is 0 Å². The molecule has 4 heteroatoms. The Morgan fingerprint density at radius 1 is 1.67 bits per heavy atom. The van der Waals surface area contributed by atoms with Gasteiger partial charge in [0.05, 0.1) is 19.6 Å². The fraction of sp³-hybridized carbons (Fsp3) is 0.875. The molecule has 0 fully saturated rings. The SMILES string of the molecule is CCOC(=O)CCSC(C)CO. The minimum Gasteiger partial charge on any atom is -0.466 e. The van der Waals surface area contributed by atoms with E-state index in [9.17, 15) is 4.79 Å². The zero-order valence-corrected chi connectivity index (χ0v) is 8.39. The van der Waals surface area contributed by atoms with Crippen molar-refractivity contribution in [2.75, 3.05) is 19.0 Å². The van der Waals surface area contributed by atoms with Crippen molar-refractivity contribution in [3.8, 4) is 0 Å². The second kappa shape index (κ2) is 7.43. The Hall–Kier alpha value is -0.220. The monoisotopic (exact) mass is 192 g/mol. The summed E-state index contributed by atoms with van der Waals surface area (Å²) < 4.78 is 4.74. The Balaban J connectivity index is 3.24. The van der Waals surface area contributed by atoms with Crippen LogP contribution in [0.1, 0.15) is 20.3 Å². The van der Waals surface area contributed by atoms with Gasteiger partial charge in [0, 0.05) is 11.0 Å². The third-order valence-electron chi connectivity index (χ3n) is 1.27. The molecule has 0 saturated heterocycles. The molecule has 0 spiro atoms. The van der Waals surface area contributed by atoms with Gasteiger partial charge >= 0.3 is 5.97 Å². The molecule has 0 aromatic carbocycles. The molecule has 1 atom stereocenters. The first-order valence-electron chi connectivity index (χ1n) is 4.08. The number of hydrogen-bond acceptors (Lipinski definition) is 4. The molecule has 0 radical (unpaired) electrons. The van der Waals surface area contributed by atoms with E-state index in [1.54, 1.807) is 18.7 Å². The number of carbonyl (C=O) groups excluding carboxylic acids is 1. The highest BCUT2D eigenvalue weighted by Gasteiger charge is 2.04. The molecule has 3 nitrogen and oxygen atoms in total. The first-order chi connectivity index (χ1) is 5.70. The van der Waals surface area contributed by atoms with Crippen LogP contribution in [0.25, 0.3) is 0 Å². The van der Waals surface area contributed by atoms with Gasteiger partial charge in [0.1, 0.15) is 0 Å². The van der Waals surface area contributed by atoms with Crippen molar-refractivity contribution in [2.24, 2.45) is 0 Å². The van der Waals surface area contributed by atoms with Crippen LogP contribution >= 0.6 is 11.8 Å². The van der Waals surface area contributed by atoms with Crippen molar-refractivity contribution < 1.29 is 14.6 Å². The van der Waals surface area contributed by atoms with Crippen molar-refractivity contribution in [3.05, 3.63) is 0 Å². The van der Waals surface area contributed by atoms with Gasteiger partial charge in [-0.25, -0.2) is 0 Å². The van der Waals surface area contributed by atoms with E-state index < -0.39 is 0 Å². The highest BCUT2D eigenvalue weighted by Crippen LogP contribution is 2.10. The predicted octanol–water partition coefficient (Wildman–Crippen LogP) is 1.05. The molecule has 0 heterocycles. The third-order valence-corrected chi connectivity index (χ3v) is 2.43. The lowest BCUT2D eigenvalue weighted by atomic mass is 10.5. The zero-order valence-electron chi connectivity index (χ0n) is 7.58. The highest BCUT2D eigenvalue weighted by atomic mass is 32.2. The van der Waals surface area contributed by atoms with Crippen molar-refractivity contribution in [3.63, 3.8) is 0 Å². The number of esters is 1. The molecular formula is C8H16O3S. The molecule has 0 aromatic heterocycles. The summed E-state index contributed by atoms with van der Waals surface area (Å²) in [5, 5.41) is 8.87. The number of rotatable bonds is 6. The Morgan fingerprint density at radius 2 is 2.33 bits per heavy atom. The van der Waals surface area contributed by atoms with E-state index >= 15 is 0 Å². The molecule has 0 aliphatic carbocycles. The van der Waals surface area contributed by atoms with E-state index in [0.717, 1.165) is 5.75 Å². The molecule has 1 N–H and O–H groups in total. The molecule has 0 rings (SSSR count). The van der Waals surface area contributed by atoms with Crippen LogP contribution < -0.4 is 0 Å². The lowest BCUT2D eigenvalue weighted by molar-refractivity contribution is -0.142. The number of thioether (sulfide) groups is 1. The average Bonchev–Trinajstić information content (AvgIpc) is 2.04. The number of aliphatic hydroxyl groups is 1. The van der Waals surface area contributed by atoms with Crippen LogP contribution in [0, 0.1) is 0 Å². The molecule has 72 valence electrons. The molecule has 0 aromatic rings. The summed E-state index contributed by atoms with van der Waals surface area (Å²) in [4.78, 5) is 10.8. The molecule has 0 aliphatic rings. The van der Waals surface area contributed by atoms with Crippen molar-refractivity contribution in [1.29, 1.82) is 0 Å². The van der Waals surface area contributed by atoms with Gasteiger partial charge in [-0.2, -0.15) is 11.8 Å². The van der Waals surface area contributed by atoms with Gasteiger partial charge < -0.3 is 9.84 Å². The van der Waals surface area contributed by atoms with E-state index in [2.05, 4.69) is 0 Å². The standard InChI is InChI=1S/C8H16O3S/c1-3-11-8(10)4-5-12-7(2)6-9/h7,9H,3-6H2,1-2H3. The Bertz CT molecular complexity index is 127. The average molecular weight is 192 g/mol. The van der Waals surface area contributed by atoms with Gasteiger partial charge in [-0.3, -0.25) is 4.79 Å². The highest BCUT2D eigenvalue weighted by molar-refractivity contribution is 7.99. The van der Waals surface area contributed by atoms with Gasteiger partial charge in [-0.05, 0) is 6.92 Å². The second-order valence-corrected chi connectivity index (χ2v) is 3.97. The summed E-state index contributed by atoms with van der Waals surface area (Å²) in [7, 11) is 0. The zero-order chi connectivity index (χ0) is 9.40. The minimum atomic E-state index is -0.157. The van der Waals surface area contributed by atoms with E-state index in [4.69, 9.17) is 9.84 Å². The van der Waals surface area contributed by atoms with Crippen LogP contribution in [-0.2, 0) is 9.53 Å². The van der Waals surface area contributed by atoms with Gasteiger partial charge in [-0.1, -0.05) is 6.92 Å². The smallest absolute Gasteiger partial charge is 0.306 e. The second-order valence-electron chi connectivity index (χ2n) is 2.42. The van der Waals surface area contributed by atoms with E-state index in [1.807, 2.05) is 6.92 Å². The normalized spacial score (nSPS) is 12.6. The Labute approximate surface area is 77.5 Å². The molecule has 1 unspecified atom stereocenters. The van der Waals surface area contributed by atoms with Crippen LogP contribution in [0.2, 0.25) is 0 Å². The van der Waals surface area contributed by atoms with Gasteiger partial charge in [0.25, 0.3) is 0 Å². The van der Waals surface area contributed by atoms with E-state index in [-0.39, 0.29) is 17.8 Å². The molecular weight excluding hydrogens is 176 g/mol. The number of hydrogen-bond donors (Lipinski definition) is 1. The van der Waals surface area contributed by atoms with Crippen LogP contribution in [0.15, 0.2) is 0 Å². The lowest BCUT2D eigenvalue weighted by Crippen LogP contribution is -2.08. The maximum atomic E-state index is 10.8. The van der Waals surface area contributed by atoms with Crippen molar-refractivity contribution >= 4 is 17.7 Å². The first kappa shape index (κ1) is 11.8. The van der Waals surface area contributed by atoms with Crippen molar-refractivity contribution in [2.45, 2.75) is 25.5 Å². The summed E-state index contributed by atoms with van der Waals surface area (Å²) in [6, 6.07) is 0. The minimum absolute atomic E-state index is 0.157. The fourth-order valence-electron chi connectivity index (χ4n) is 0.629. The Kier molecular flexibility index (Phi) is 7.29. The van der Waals surface area contributed by atoms with Crippen LogP contribution in [0.3, 0.4) is 0 Å². The summed E-state index contributed by atoms with van der Waals surface area (Å²) in [5.41, 5.74) is 0. The summed E-state index contributed by atoms with van der Waals surface area (Å²) in [5.74, 6) is 0.565. The predicted molar refractivity (Wildman–Crippen MR) is 50.3 cm³/mol. The number of aliphatic hydroxyl groups excluding tert-OH is 1. The first-order valence-corrected chi connectivity index (χ1v) is 5.13. The third kappa shape index (κ3) is 6.49. The summed E-state index contributed by atoms with van der Waals surface area (Å²) >= 11 is 1.58. The number of ether oxygens (including phenoxy) is 1. The van der Waals surface area contributed by atoms with Crippen molar-refractivity contribution in [1.82, 2.24) is 0 Å². The number of carbonyl (C=O) groups is 1. The van der Waals surface area contributed by atoms with E-state index in [0.29, 0.717) is 13.0 Å². The molecule has 0 saturated carbocycles. The maximum absolute atomic E-state index is 10.8. The molecule has 0 bridgehead atoms. The summed E-state index contributed by atoms with van der Waals surface area (Å²) in [6.45, 7) is 4.32. The molecule has 0 amide bonds. The van der Waals surface area contributed by atoms with Gasteiger partial charge in [0.15, 0.2) is 0 Å². The largest absolute Gasteiger partial charge is 0.466 e. The maximum Gasteiger partial charge on any atom is 0.306 e. The molecule has 12 heavy (non-hydrogen) atoms. The lowest BCUT2D eigenvalue weighted by Gasteiger charge is -2.06. The fourth-order valence-corrected chi connectivity index (χ4v) is 1.42. The van der Waals surface area contributed by atoms with Gasteiger partial charge in [0.2, 0.25) is 0 Å². The van der Waals surface area contributed by atoms with Crippen LogP contribution in [0.5, 0.6) is 0 Å². The van der Waals surface area contributed by atoms with Crippen LogP contribution in [0.4, 0.5) is 0 Å². The Morgan fingerprint density at radius 3 is 2.83 bits per heavy atom. The molecule has 0 aliphatic heterocycles. The van der Waals surface area contributed by atoms with E-state index in [1.165, 1.54) is 0 Å².